The molecule has 0 aliphatic heterocycles. The van der Waals surface area contributed by atoms with Crippen LogP contribution in [0.3, 0.4) is 0 Å². The normalized spacial score (nSPS) is 18.4. The minimum Gasteiger partial charge on any atom is -0.330 e. The molecule has 0 atom stereocenters. The molecule has 5 heteroatoms. The fraction of sp³-hybridized carbons (Fsp3) is 0.667. The molecule has 1 aliphatic carbocycles. The van der Waals surface area contributed by atoms with Crippen molar-refractivity contribution >= 4 is 11.3 Å². The van der Waals surface area contributed by atoms with Crippen LogP contribution in [0.2, 0.25) is 0 Å². The van der Waals surface area contributed by atoms with Gasteiger partial charge in [-0.05, 0) is 24.8 Å². The van der Waals surface area contributed by atoms with E-state index in [1.165, 1.54) is 24.2 Å². The lowest BCUT2D eigenvalue weighted by molar-refractivity contribution is 0.466. The van der Waals surface area contributed by atoms with Gasteiger partial charge in [0.15, 0.2) is 0 Å². The van der Waals surface area contributed by atoms with Crippen LogP contribution in [-0.4, -0.2) is 18.1 Å². The fourth-order valence-electron chi connectivity index (χ4n) is 1.49. The van der Waals surface area contributed by atoms with E-state index in [0.29, 0.717) is 5.41 Å². The Morgan fingerprint density at radius 1 is 1.64 bits per heavy atom. The third-order valence-corrected chi connectivity index (χ3v) is 3.49. The van der Waals surface area contributed by atoms with E-state index in [2.05, 4.69) is 10.3 Å². The van der Waals surface area contributed by atoms with Crippen molar-refractivity contribution in [1.82, 2.24) is 10.3 Å². The number of hydrogen-bond donors (Lipinski definition) is 3. The zero-order chi connectivity index (χ0) is 10.0. The molecule has 1 heterocycles. The number of thiazole rings is 1. The van der Waals surface area contributed by atoms with E-state index in [1.807, 2.05) is 5.38 Å². The van der Waals surface area contributed by atoms with Crippen LogP contribution in [0.25, 0.3) is 0 Å². The van der Waals surface area contributed by atoms with Gasteiger partial charge in [-0.3, -0.25) is 4.79 Å². The SMILES string of the molecule is NCC1(CNCc2csc(=O)[nH]2)CC1. The summed E-state index contributed by atoms with van der Waals surface area (Å²) in [5.41, 5.74) is 6.98. The number of aromatic amines is 1. The van der Waals surface area contributed by atoms with Crippen molar-refractivity contribution < 1.29 is 0 Å². The van der Waals surface area contributed by atoms with Gasteiger partial charge < -0.3 is 16.0 Å². The van der Waals surface area contributed by atoms with Crippen LogP contribution in [0.15, 0.2) is 10.2 Å². The first-order valence-electron chi connectivity index (χ1n) is 4.82. The Balaban J connectivity index is 1.75. The molecule has 0 radical (unpaired) electrons. The second kappa shape index (κ2) is 3.84. The molecule has 1 aliphatic rings. The number of hydrogen-bond acceptors (Lipinski definition) is 4. The first kappa shape index (κ1) is 9.89. The highest BCUT2D eigenvalue weighted by Crippen LogP contribution is 2.43. The molecule has 0 spiro atoms. The molecule has 78 valence electrons. The van der Waals surface area contributed by atoms with Crippen molar-refractivity contribution in [2.24, 2.45) is 11.1 Å². The van der Waals surface area contributed by atoms with Gasteiger partial charge in [0.05, 0.1) is 0 Å². The molecule has 1 fully saturated rings. The zero-order valence-electron chi connectivity index (χ0n) is 8.01. The molecule has 0 amide bonds. The molecule has 0 bridgehead atoms. The average molecular weight is 213 g/mol. The first-order valence-corrected chi connectivity index (χ1v) is 5.70. The summed E-state index contributed by atoms with van der Waals surface area (Å²) in [7, 11) is 0. The van der Waals surface area contributed by atoms with E-state index in [1.54, 1.807) is 0 Å². The molecule has 14 heavy (non-hydrogen) atoms. The molecule has 0 aromatic carbocycles. The highest BCUT2D eigenvalue weighted by Gasteiger charge is 2.40. The molecule has 0 saturated heterocycles. The van der Waals surface area contributed by atoms with E-state index < -0.39 is 0 Å². The third kappa shape index (κ3) is 2.23. The standard InChI is InChI=1S/C9H15N3OS/c10-5-9(1-2-9)6-11-3-7-4-14-8(13)12-7/h4,11H,1-3,5-6,10H2,(H,12,13). The van der Waals surface area contributed by atoms with Crippen molar-refractivity contribution in [2.45, 2.75) is 19.4 Å². The minimum atomic E-state index is 0.0155. The molecular weight excluding hydrogens is 198 g/mol. The lowest BCUT2D eigenvalue weighted by Crippen LogP contribution is -2.29. The fourth-order valence-corrected chi connectivity index (χ4v) is 2.07. The predicted octanol–water partition coefficient (Wildman–Crippen LogP) is 0.265. The molecule has 1 aromatic heterocycles. The summed E-state index contributed by atoms with van der Waals surface area (Å²) >= 11 is 1.21. The second-order valence-corrected chi connectivity index (χ2v) is 4.82. The highest BCUT2D eigenvalue weighted by atomic mass is 32.1. The smallest absolute Gasteiger partial charge is 0.304 e. The number of H-pyrrole nitrogens is 1. The Bertz CT molecular complexity index is 353. The summed E-state index contributed by atoms with van der Waals surface area (Å²) in [6, 6.07) is 0. The van der Waals surface area contributed by atoms with E-state index in [0.717, 1.165) is 25.3 Å². The molecule has 1 aromatic rings. The van der Waals surface area contributed by atoms with Crippen LogP contribution >= 0.6 is 11.3 Å². The van der Waals surface area contributed by atoms with Crippen LogP contribution in [0.4, 0.5) is 0 Å². The van der Waals surface area contributed by atoms with Crippen LogP contribution < -0.4 is 15.9 Å². The molecule has 4 nitrogen and oxygen atoms in total. The summed E-state index contributed by atoms with van der Waals surface area (Å²) in [5.74, 6) is 0. The maximum absolute atomic E-state index is 10.8. The van der Waals surface area contributed by atoms with E-state index >= 15 is 0 Å². The molecule has 2 rings (SSSR count). The van der Waals surface area contributed by atoms with Gasteiger partial charge in [-0.1, -0.05) is 11.3 Å². The van der Waals surface area contributed by atoms with Crippen LogP contribution in [0.1, 0.15) is 18.5 Å². The number of nitrogens with one attached hydrogen (secondary N) is 2. The summed E-state index contributed by atoms with van der Waals surface area (Å²) in [6.07, 6.45) is 2.47. The van der Waals surface area contributed by atoms with Crippen molar-refractivity contribution in [3.63, 3.8) is 0 Å². The number of aromatic nitrogens is 1. The van der Waals surface area contributed by atoms with Crippen molar-refractivity contribution in [3.05, 3.63) is 20.7 Å². The Hall–Kier alpha value is -0.650. The van der Waals surface area contributed by atoms with Crippen molar-refractivity contribution in [2.75, 3.05) is 13.1 Å². The molecule has 1 saturated carbocycles. The Kier molecular flexibility index (Phi) is 2.71. The van der Waals surface area contributed by atoms with Gasteiger partial charge in [0, 0.05) is 24.2 Å². The summed E-state index contributed by atoms with van der Waals surface area (Å²) in [4.78, 5) is 13.6. The van der Waals surface area contributed by atoms with E-state index in [4.69, 9.17) is 5.73 Å². The van der Waals surface area contributed by atoms with Gasteiger partial charge in [0.1, 0.15) is 0 Å². The van der Waals surface area contributed by atoms with Crippen LogP contribution in [-0.2, 0) is 6.54 Å². The Labute approximate surface area is 86.5 Å². The Morgan fingerprint density at radius 2 is 2.43 bits per heavy atom. The third-order valence-electron chi connectivity index (χ3n) is 2.78. The van der Waals surface area contributed by atoms with Gasteiger partial charge >= 0.3 is 4.87 Å². The maximum Gasteiger partial charge on any atom is 0.304 e. The molecular formula is C9H15N3OS. The van der Waals surface area contributed by atoms with Crippen molar-refractivity contribution in [1.29, 1.82) is 0 Å². The largest absolute Gasteiger partial charge is 0.330 e. The first-order chi connectivity index (χ1) is 6.74. The van der Waals surface area contributed by atoms with Gasteiger partial charge in [0.2, 0.25) is 0 Å². The minimum absolute atomic E-state index is 0.0155. The average Bonchev–Trinajstić information content (AvgIpc) is 2.84. The topological polar surface area (TPSA) is 70.9 Å². The maximum atomic E-state index is 10.8. The van der Waals surface area contributed by atoms with Crippen LogP contribution in [0.5, 0.6) is 0 Å². The summed E-state index contributed by atoms with van der Waals surface area (Å²) < 4.78 is 0. The highest BCUT2D eigenvalue weighted by molar-refractivity contribution is 7.07. The van der Waals surface area contributed by atoms with Gasteiger partial charge in [-0.2, -0.15) is 0 Å². The van der Waals surface area contributed by atoms with E-state index in [9.17, 15) is 4.79 Å². The van der Waals surface area contributed by atoms with Crippen LogP contribution in [0, 0.1) is 5.41 Å². The zero-order valence-corrected chi connectivity index (χ0v) is 8.82. The lowest BCUT2D eigenvalue weighted by atomic mass is 10.1. The van der Waals surface area contributed by atoms with E-state index in [-0.39, 0.29) is 4.87 Å². The molecule has 4 N–H and O–H groups in total. The van der Waals surface area contributed by atoms with Gasteiger partial charge in [0.25, 0.3) is 0 Å². The molecule has 0 unspecified atom stereocenters. The Morgan fingerprint density at radius 3 is 2.93 bits per heavy atom. The number of rotatable bonds is 5. The predicted molar refractivity (Wildman–Crippen MR) is 57.4 cm³/mol. The number of nitrogens with two attached hydrogens (primary N) is 1. The second-order valence-electron chi connectivity index (χ2n) is 3.98. The quantitative estimate of drug-likeness (QED) is 0.657. The van der Waals surface area contributed by atoms with Crippen molar-refractivity contribution in [3.8, 4) is 0 Å². The summed E-state index contributed by atoms with van der Waals surface area (Å²) in [6.45, 7) is 2.46. The summed E-state index contributed by atoms with van der Waals surface area (Å²) in [5, 5.41) is 5.18. The van der Waals surface area contributed by atoms with Gasteiger partial charge in [-0.25, -0.2) is 0 Å². The monoisotopic (exact) mass is 213 g/mol. The lowest BCUT2D eigenvalue weighted by Gasteiger charge is -2.12. The van der Waals surface area contributed by atoms with Gasteiger partial charge in [-0.15, -0.1) is 0 Å².